The van der Waals surface area contributed by atoms with Gasteiger partial charge in [0.2, 0.25) is 0 Å². The zero-order valence-corrected chi connectivity index (χ0v) is 12.5. The topological polar surface area (TPSA) is 52.6 Å². The fourth-order valence-electron chi connectivity index (χ4n) is 1.04. The van der Waals surface area contributed by atoms with E-state index in [0.29, 0.717) is 17.9 Å². The largest absolute Gasteiger partial charge is 0.465 e. The maximum Gasteiger partial charge on any atom is 0.306 e. The summed E-state index contributed by atoms with van der Waals surface area (Å²) in [7, 11) is 0. The summed E-state index contributed by atoms with van der Waals surface area (Å²) in [5.41, 5.74) is -0.585. The second kappa shape index (κ2) is 9.55. The molecule has 0 bridgehead atoms. The molecule has 0 heterocycles. The molecule has 0 aromatic heterocycles. The Hall–Kier alpha value is -0.360. The first-order valence-corrected chi connectivity index (χ1v) is 7.12. The summed E-state index contributed by atoms with van der Waals surface area (Å²) in [6.07, 6.45) is 1.18. The number of carbonyl (C=O) groups excluding carboxylic acids is 2. The van der Waals surface area contributed by atoms with Crippen molar-refractivity contribution in [2.24, 2.45) is 5.41 Å². The zero-order chi connectivity index (χ0) is 14.0. The second-order valence-electron chi connectivity index (χ2n) is 4.12. The number of thiol groups is 2. The molecule has 0 saturated heterocycles. The molecule has 0 atom stereocenters. The Balaban J connectivity index is 4.09. The van der Waals surface area contributed by atoms with Gasteiger partial charge in [0.25, 0.3) is 0 Å². The van der Waals surface area contributed by atoms with Crippen LogP contribution in [-0.2, 0) is 19.1 Å². The van der Waals surface area contributed by atoms with Gasteiger partial charge < -0.3 is 9.47 Å². The first-order chi connectivity index (χ1) is 8.47. The molecule has 18 heavy (non-hydrogen) atoms. The highest BCUT2D eigenvalue weighted by Gasteiger charge is 2.26. The van der Waals surface area contributed by atoms with E-state index >= 15 is 0 Å². The lowest BCUT2D eigenvalue weighted by atomic mass is 9.90. The number of ether oxygens (including phenoxy) is 2. The van der Waals surface area contributed by atoms with Crippen LogP contribution in [0.4, 0.5) is 0 Å². The summed E-state index contributed by atoms with van der Waals surface area (Å²) < 4.78 is 10.1. The zero-order valence-electron chi connectivity index (χ0n) is 10.7. The summed E-state index contributed by atoms with van der Waals surface area (Å²) in [4.78, 5) is 22.5. The average Bonchev–Trinajstić information content (AvgIpc) is 2.35. The number of rotatable bonds is 9. The predicted molar refractivity (Wildman–Crippen MR) is 76.9 cm³/mol. The Kier molecular flexibility index (Phi) is 9.36. The molecule has 1 radical (unpaired) electrons. The van der Waals surface area contributed by atoms with Crippen molar-refractivity contribution in [3.63, 3.8) is 0 Å². The monoisotopic (exact) mass is 293 g/mol. The SMILES string of the molecule is [CH2]C(CC)(COC(=O)CCS)COC(=O)CCS. The minimum absolute atomic E-state index is 0.143. The lowest BCUT2D eigenvalue weighted by Gasteiger charge is -2.26. The molecule has 0 aliphatic heterocycles. The normalized spacial score (nSPS) is 11.1. The third kappa shape index (κ3) is 7.87. The molecule has 0 aliphatic carbocycles. The van der Waals surface area contributed by atoms with Crippen molar-refractivity contribution >= 4 is 37.2 Å². The van der Waals surface area contributed by atoms with E-state index in [1.54, 1.807) is 0 Å². The maximum absolute atomic E-state index is 11.2. The Morgan fingerprint density at radius 3 is 1.72 bits per heavy atom. The summed E-state index contributed by atoms with van der Waals surface area (Å²) in [5.74, 6) is 0.277. The smallest absolute Gasteiger partial charge is 0.306 e. The molecule has 105 valence electrons. The molecule has 0 unspecified atom stereocenters. The van der Waals surface area contributed by atoms with E-state index in [-0.39, 0.29) is 38.0 Å². The van der Waals surface area contributed by atoms with E-state index < -0.39 is 5.41 Å². The number of hydrogen-bond donors (Lipinski definition) is 2. The fraction of sp³-hybridized carbons (Fsp3) is 0.750. The van der Waals surface area contributed by atoms with Gasteiger partial charge >= 0.3 is 11.9 Å². The van der Waals surface area contributed by atoms with Crippen molar-refractivity contribution < 1.29 is 19.1 Å². The van der Waals surface area contributed by atoms with E-state index in [0.717, 1.165) is 0 Å². The standard InChI is InChI=1S/C12H21O4S2/c1-3-12(2,8-15-10(13)4-6-17)9-16-11(14)5-7-18/h17-18H,2-9H2,1H3. The molecule has 0 rings (SSSR count). The van der Waals surface area contributed by atoms with Gasteiger partial charge in [0.15, 0.2) is 0 Å². The van der Waals surface area contributed by atoms with Crippen molar-refractivity contribution in [1.29, 1.82) is 0 Å². The predicted octanol–water partition coefficient (Wildman–Crippen LogP) is 1.94. The van der Waals surface area contributed by atoms with Crippen molar-refractivity contribution in [2.45, 2.75) is 26.2 Å². The third-order valence-corrected chi connectivity index (χ3v) is 2.91. The van der Waals surface area contributed by atoms with Crippen molar-refractivity contribution in [3.05, 3.63) is 6.92 Å². The van der Waals surface area contributed by atoms with Gasteiger partial charge in [-0.3, -0.25) is 9.59 Å². The molecule has 6 heteroatoms. The molecule has 0 aromatic rings. The number of esters is 2. The Morgan fingerprint density at radius 1 is 1.06 bits per heavy atom. The van der Waals surface area contributed by atoms with Crippen LogP contribution in [0.25, 0.3) is 0 Å². The van der Waals surface area contributed by atoms with Gasteiger partial charge in [-0.15, -0.1) is 0 Å². The third-order valence-electron chi connectivity index (χ3n) is 2.46. The molecular formula is C12H21O4S2. The van der Waals surface area contributed by atoms with Crippen LogP contribution in [0.15, 0.2) is 0 Å². The van der Waals surface area contributed by atoms with Crippen molar-refractivity contribution in [1.82, 2.24) is 0 Å². The van der Waals surface area contributed by atoms with Gasteiger partial charge in [-0.2, -0.15) is 25.3 Å². The minimum Gasteiger partial charge on any atom is -0.465 e. The molecule has 0 fully saturated rings. The first kappa shape index (κ1) is 17.6. The van der Waals surface area contributed by atoms with Crippen molar-refractivity contribution in [3.8, 4) is 0 Å². The van der Waals surface area contributed by atoms with Gasteiger partial charge in [-0.25, -0.2) is 0 Å². The molecule has 4 nitrogen and oxygen atoms in total. The van der Waals surface area contributed by atoms with Gasteiger partial charge in [-0.05, 0) is 13.3 Å². The van der Waals surface area contributed by atoms with E-state index in [1.165, 1.54) is 0 Å². The Morgan fingerprint density at radius 2 is 1.44 bits per heavy atom. The summed E-state index contributed by atoms with van der Waals surface area (Å²) in [6, 6.07) is 0. The van der Waals surface area contributed by atoms with Crippen LogP contribution in [0.5, 0.6) is 0 Å². The molecule has 0 spiro atoms. The van der Waals surface area contributed by atoms with Crippen LogP contribution >= 0.6 is 25.3 Å². The van der Waals surface area contributed by atoms with Crippen molar-refractivity contribution in [2.75, 3.05) is 24.7 Å². The van der Waals surface area contributed by atoms with Gasteiger partial charge in [-0.1, -0.05) is 6.92 Å². The van der Waals surface area contributed by atoms with Crippen LogP contribution in [0.3, 0.4) is 0 Å². The van der Waals surface area contributed by atoms with Gasteiger partial charge in [0.1, 0.15) is 13.2 Å². The fourth-order valence-corrected chi connectivity index (χ4v) is 1.41. The molecule has 0 N–H and O–H groups in total. The van der Waals surface area contributed by atoms with E-state index in [1.807, 2.05) is 6.92 Å². The van der Waals surface area contributed by atoms with Crippen LogP contribution in [0.2, 0.25) is 0 Å². The number of carbonyl (C=O) groups is 2. The quantitative estimate of drug-likeness (QED) is 0.504. The van der Waals surface area contributed by atoms with Gasteiger partial charge in [0.05, 0.1) is 12.8 Å². The highest BCUT2D eigenvalue weighted by atomic mass is 32.1. The molecule has 0 aromatic carbocycles. The molecule has 0 saturated carbocycles. The minimum atomic E-state index is -0.585. The summed E-state index contributed by atoms with van der Waals surface area (Å²) in [5, 5.41) is 0. The van der Waals surface area contributed by atoms with Crippen LogP contribution in [0, 0.1) is 12.3 Å². The Bertz CT molecular complexity index is 247. The van der Waals surface area contributed by atoms with E-state index in [2.05, 4.69) is 32.2 Å². The maximum atomic E-state index is 11.2. The van der Waals surface area contributed by atoms with Crippen LogP contribution < -0.4 is 0 Å². The summed E-state index contributed by atoms with van der Waals surface area (Å²) in [6.45, 7) is 6.15. The van der Waals surface area contributed by atoms with E-state index in [9.17, 15) is 9.59 Å². The van der Waals surface area contributed by atoms with Gasteiger partial charge in [0, 0.05) is 16.9 Å². The first-order valence-electron chi connectivity index (χ1n) is 5.85. The summed E-state index contributed by atoms with van der Waals surface area (Å²) >= 11 is 7.89. The second-order valence-corrected chi connectivity index (χ2v) is 5.02. The highest BCUT2D eigenvalue weighted by Crippen LogP contribution is 2.22. The lowest BCUT2D eigenvalue weighted by molar-refractivity contribution is -0.151. The lowest BCUT2D eigenvalue weighted by Crippen LogP contribution is -2.31. The molecule has 0 aliphatic rings. The molecular weight excluding hydrogens is 272 g/mol. The van der Waals surface area contributed by atoms with Crippen LogP contribution in [-0.4, -0.2) is 36.7 Å². The van der Waals surface area contributed by atoms with E-state index in [4.69, 9.17) is 9.47 Å². The average molecular weight is 293 g/mol. The highest BCUT2D eigenvalue weighted by molar-refractivity contribution is 7.80. The number of hydrogen-bond acceptors (Lipinski definition) is 6. The molecule has 0 amide bonds. The Labute approximate surface area is 120 Å². The van der Waals surface area contributed by atoms with Crippen LogP contribution in [0.1, 0.15) is 26.2 Å².